The largest absolute Gasteiger partial charge is 0.494 e. The summed E-state index contributed by atoms with van der Waals surface area (Å²) < 4.78 is 10.3. The second-order valence-corrected chi connectivity index (χ2v) is 5.71. The molecule has 1 aliphatic rings. The second-order valence-electron chi connectivity index (χ2n) is 5.71. The van der Waals surface area contributed by atoms with Crippen LogP contribution >= 0.6 is 0 Å². The Balaban J connectivity index is 2.42. The Morgan fingerprint density at radius 3 is 2.50 bits per heavy atom. The van der Waals surface area contributed by atoms with Crippen LogP contribution in [0.2, 0.25) is 0 Å². The maximum absolute atomic E-state index is 12.0. The molecule has 0 aromatic carbocycles. The lowest BCUT2D eigenvalue weighted by Crippen LogP contribution is -2.31. The van der Waals surface area contributed by atoms with E-state index in [4.69, 9.17) is 14.6 Å². The number of carbonyl (C=O) groups excluding carboxylic acids is 2. The van der Waals surface area contributed by atoms with Crippen molar-refractivity contribution in [3.63, 3.8) is 0 Å². The van der Waals surface area contributed by atoms with Crippen molar-refractivity contribution in [3.05, 3.63) is 35.6 Å². The van der Waals surface area contributed by atoms with E-state index in [-0.39, 0.29) is 31.8 Å². The topological polar surface area (TPSA) is 110 Å². The molecule has 0 fully saturated rings. The maximum atomic E-state index is 12.0. The normalized spacial score (nSPS) is 14.3. The Morgan fingerprint density at radius 1 is 1.17 bits per heavy atom. The number of carbonyl (C=O) groups is 3. The van der Waals surface area contributed by atoms with Crippen LogP contribution in [0, 0.1) is 0 Å². The summed E-state index contributed by atoms with van der Waals surface area (Å²) in [7, 11) is 0. The summed E-state index contributed by atoms with van der Waals surface area (Å²) in [6, 6.07) is 0. The first-order chi connectivity index (χ1) is 11.2. The fraction of sp³-hybridized carbons (Fsp3) is 0.471. The molecule has 0 aromatic heterocycles. The molecule has 1 aliphatic carbocycles. The van der Waals surface area contributed by atoms with Crippen LogP contribution in [0.25, 0.3) is 0 Å². The van der Waals surface area contributed by atoms with Crippen LogP contribution in [0.3, 0.4) is 0 Å². The van der Waals surface area contributed by atoms with Crippen molar-refractivity contribution >= 4 is 17.7 Å². The van der Waals surface area contributed by atoms with Gasteiger partial charge in [0.2, 0.25) is 0 Å². The van der Waals surface area contributed by atoms with E-state index in [1.165, 1.54) is 13.8 Å². The number of ether oxygens (including phenoxy) is 2. The zero-order valence-corrected chi connectivity index (χ0v) is 13.8. The summed E-state index contributed by atoms with van der Waals surface area (Å²) in [6.45, 7) is 2.99. The van der Waals surface area contributed by atoms with Gasteiger partial charge in [0, 0.05) is 12.0 Å². The van der Waals surface area contributed by atoms with Gasteiger partial charge >= 0.3 is 11.9 Å². The molecule has 1 rings (SSSR count). The number of hydrogen-bond donors (Lipinski definition) is 2. The fourth-order valence-electron chi connectivity index (χ4n) is 1.83. The van der Waals surface area contributed by atoms with Crippen molar-refractivity contribution in [1.29, 1.82) is 0 Å². The minimum atomic E-state index is -1.44. The van der Waals surface area contributed by atoms with E-state index in [2.05, 4.69) is 0 Å². The quantitative estimate of drug-likeness (QED) is 0.484. The lowest BCUT2D eigenvalue weighted by molar-refractivity contribution is -0.148. The molecule has 7 nitrogen and oxygen atoms in total. The Labute approximate surface area is 140 Å². The van der Waals surface area contributed by atoms with Crippen LogP contribution in [0.15, 0.2) is 35.6 Å². The summed E-state index contributed by atoms with van der Waals surface area (Å²) in [5.41, 5.74) is -1.07. The fourth-order valence-corrected chi connectivity index (χ4v) is 1.83. The zero-order valence-electron chi connectivity index (χ0n) is 13.8. The van der Waals surface area contributed by atoms with Gasteiger partial charge in [-0.3, -0.25) is 14.4 Å². The van der Waals surface area contributed by atoms with E-state index in [0.717, 1.165) is 0 Å². The predicted octanol–water partition coefficient (Wildman–Crippen LogP) is 1.52. The van der Waals surface area contributed by atoms with Crippen molar-refractivity contribution in [2.45, 2.75) is 38.7 Å². The summed E-state index contributed by atoms with van der Waals surface area (Å²) >= 11 is 0. The molecule has 0 aromatic rings. The van der Waals surface area contributed by atoms with E-state index in [0.29, 0.717) is 17.8 Å². The Kier molecular flexibility index (Phi) is 7.38. The predicted molar refractivity (Wildman–Crippen MR) is 85.0 cm³/mol. The Bertz CT molecular complexity index is 576. The van der Waals surface area contributed by atoms with Crippen molar-refractivity contribution in [2.75, 3.05) is 13.2 Å². The number of hydrogen-bond acceptors (Lipinski definition) is 6. The van der Waals surface area contributed by atoms with E-state index in [9.17, 15) is 19.5 Å². The monoisotopic (exact) mass is 338 g/mol. The van der Waals surface area contributed by atoms with Crippen molar-refractivity contribution in [3.8, 4) is 0 Å². The highest BCUT2D eigenvalue weighted by atomic mass is 16.6. The molecule has 24 heavy (non-hydrogen) atoms. The van der Waals surface area contributed by atoms with Crippen LogP contribution in [0.4, 0.5) is 0 Å². The molecule has 0 unspecified atom stereocenters. The highest BCUT2D eigenvalue weighted by Gasteiger charge is 2.26. The van der Waals surface area contributed by atoms with E-state index < -0.39 is 17.5 Å². The van der Waals surface area contributed by atoms with Crippen LogP contribution in [0.5, 0.6) is 0 Å². The first-order valence-corrected chi connectivity index (χ1v) is 7.55. The first-order valence-electron chi connectivity index (χ1n) is 7.55. The van der Waals surface area contributed by atoms with E-state index in [1.807, 2.05) is 0 Å². The highest BCUT2D eigenvalue weighted by molar-refractivity contribution is 6.03. The Hall–Kier alpha value is -2.41. The van der Waals surface area contributed by atoms with Gasteiger partial charge in [0.05, 0.1) is 18.6 Å². The standard InChI is InChI=1S/C17H22O7/c1-17(2,22)16(21)12-4-3-5-13(7-6-12)23-10-11-24-15(20)9-8-14(18)19/h3-4,6-7,22H,5,8-11H2,1-2H3,(H,18,19). The third kappa shape index (κ3) is 7.23. The number of carboxylic acid groups (broad SMARTS) is 1. The van der Waals surface area contributed by atoms with Crippen LogP contribution in [-0.2, 0) is 23.9 Å². The first kappa shape index (κ1) is 19.6. The maximum Gasteiger partial charge on any atom is 0.306 e. The second kappa shape index (κ2) is 9.02. The number of esters is 1. The smallest absolute Gasteiger partial charge is 0.306 e. The van der Waals surface area contributed by atoms with Crippen molar-refractivity contribution in [2.24, 2.45) is 0 Å². The molecule has 0 aliphatic heterocycles. The minimum absolute atomic E-state index is 0.0126. The molecule has 0 spiro atoms. The molecular formula is C17H22O7. The summed E-state index contributed by atoms with van der Waals surface area (Å²) in [4.78, 5) is 33.5. The summed E-state index contributed by atoms with van der Waals surface area (Å²) in [5, 5.41) is 18.2. The number of carboxylic acids is 1. The summed E-state index contributed by atoms with van der Waals surface area (Å²) in [6.07, 6.45) is 6.59. The molecule has 0 atom stereocenters. The highest BCUT2D eigenvalue weighted by Crippen LogP contribution is 2.17. The third-order valence-electron chi connectivity index (χ3n) is 3.06. The number of aliphatic hydroxyl groups is 1. The molecule has 7 heteroatoms. The van der Waals surface area contributed by atoms with Gasteiger partial charge in [0.1, 0.15) is 18.8 Å². The molecule has 0 heterocycles. The SMILES string of the molecule is CC(C)(O)C(=O)C1=CC=C(OCCOC(=O)CCC(=O)O)CC=C1. The number of aliphatic carboxylic acids is 1. The van der Waals surface area contributed by atoms with E-state index in [1.54, 1.807) is 24.3 Å². The number of allylic oxidation sites excluding steroid dienone is 4. The van der Waals surface area contributed by atoms with E-state index >= 15 is 0 Å². The lowest BCUT2D eigenvalue weighted by atomic mass is 9.96. The Morgan fingerprint density at radius 2 is 1.88 bits per heavy atom. The van der Waals surface area contributed by atoms with Gasteiger partial charge in [-0.25, -0.2) is 0 Å². The van der Waals surface area contributed by atoms with Crippen LogP contribution in [-0.4, -0.2) is 46.7 Å². The molecule has 0 saturated carbocycles. The van der Waals surface area contributed by atoms with Gasteiger partial charge < -0.3 is 19.7 Å². The molecule has 0 saturated heterocycles. The van der Waals surface area contributed by atoms with Gasteiger partial charge in [-0.2, -0.15) is 0 Å². The van der Waals surface area contributed by atoms with Crippen molar-refractivity contribution in [1.82, 2.24) is 0 Å². The van der Waals surface area contributed by atoms with Gasteiger partial charge in [0.25, 0.3) is 0 Å². The van der Waals surface area contributed by atoms with Gasteiger partial charge in [-0.15, -0.1) is 0 Å². The lowest BCUT2D eigenvalue weighted by Gasteiger charge is -2.15. The van der Waals surface area contributed by atoms with Gasteiger partial charge in [-0.1, -0.05) is 12.2 Å². The number of Topliss-reactive ketones (excluding diaryl/α,β-unsaturated/α-hetero) is 1. The molecule has 0 bridgehead atoms. The number of ketones is 1. The van der Waals surface area contributed by atoms with Gasteiger partial charge in [0.15, 0.2) is 5.78 Å². The summed E-state index contributed by atoms with van der Waals surface area (Å²) in [5.74, 6) is -1.44. The zero-order chi connectivity index (χ0) is 18.2. The van der Waals surface area contributed by atoms with Crippen molar-refractivity contribution < 1.29 is 34.1 Å². The molecule has 2 N–H and O–H groups in total. The number of rotatable bonds is 9. The average Bonchev–Trinajstić information content (AvgIpc) is 2.73. The van der Waals surface area contributed by atoms with Gasteiger partial charge in [-0.05, 0) is 26.0 Å². The van der Waals surface area contributed by atoms with Crippen LogP contribution < -0.4 is 0 Å². The average molecular weight is 338 g/mol. The van der Waals surface area contributed by atoms with Crippen LogP contribution in [0.1, 0.15) is 33.1 Å². The molecule has 0 amide bonds. The minimum Gasteiger partial charge on any atom is -0.494 e. The third-order valence-corrected chi connectivity index (χ3v) is 3.06. The molecule has 0 radical (unpaired) electrons. The molecular weight excluding hydrogens is 316 g/mol. The molecule has 132 valence electrons.